The zero-order valence-corrected chi connectivity index (χ0v) is 30.5. The van der Waals surface area contributed by atoms with Gasteiger partial charge in [-0.05, 0) is 60.2 Å². The summed E-state index contributed by atoms with van der Waals surface area (Å²) in [7, 11) is 0. The fourth-order valence-electron chi connectivity index (χ4n) is 4.80. The zero-order chi connectivity index (χ0) is 31.2. The maximum absolute atomic E-state index is 12.2. The Hall–Kier alpha value is -2.36. The van der Waals surface area contributed by atoms with Crippen LogP contribution in [-0.4, -0.2) is 20.9 Å². The molecule has 4 nitrogen and oxygen atoms in total. The van der Waals surface area contributed by atoms with Gasteiger partial charge < -0.3 is 5.11 Å². The predicted octanol–water partition coefficient (Wildman–Crippen LogP) is 10.3. The summed E-state index contributed by atoms with van der Waals surface area (Å²) in [4.78, 5) is 21.2. The molecule has 5 heteroatoms. The first-order valence-corrected chi connectivity index (χ1v) is 15.2. The largest absolute Gasteiger partial charge is 0.512 e. The van der Waals surface area contributed by atoms with Crippen LogP contribution in [0.25, 0.3) is 22.2 Å². The number of carbonyl (C=O) groups excluding carboxylic acids is 1. The number of aromatic nitrogens is 2. The average Bonchev–Trinajstić information content (AvgIpc) is 2.93. The number of hydrogen-bond donors (Lipinski definition) is 1. The predicted molar refractivity (Wildman–Crippen MR) is 174 cm³/mol. The number of fused-ring (bicyclic) bond motifs is 1. The Bertz CT molecular complexity index is 1350. The maximum atomic E-state index is 12.2. The zero-order valence-electron chi connectivity index (χ0n) is 28.1. The van der Waals surface area contributed by atoms with E-state index in [1.165, 1.54) is 28.3 Å². The number of benzene rings is 2. The van der Waals surface area contributed by atoms with Crippen molar-refractivity contribution in [2.45, 2.75) is 115 Å². The molecule has 0 saturated heterocycles. The van der Waals surface area contributed by atoms with Crippen LogP contribution in [0.15, 0.2) is 42.4 Å². The molecule has 42 heavy (non-hydrogen) atoms. The third-order valence-electron chi connectivity index (χ3n) is 9.13. The number of allylic oxidation sites excluding steroid dienone is 2. The van der Waals surface area contributed by atoms with Crippen molar-refractivity contribution in [3.05, 3.63) is 70.7 Å². The second-order valence-electron chi connectivity index (χ2n) is 13.4. The van der Waals surface area contributed by atoms with Crippen molar-refractivity contribution >= 4 is 16.7 Å². The van der Waals surface area contributed by atoms with E-state index < -0.39 is 0 Å². The Kier molecular flexibility index (Phi) is 13.8. The van der Waals surface area contributed by atoms with Gasteiger partial charge in [-0.1, -0.05) is 95.2 Å². The summed E-state index contributed by atoms with van der Waals surface area (Å²) in [5.41, 5.74) is 7.76. The summed E-state index contributed by atoms with van der Waals surface area (Å²) in [6.07, 6.45) is 7.46. The van der Waals surface area contributed by atoms with Crippen LogP contribution in [0.4, 0.5) is 0 Å². The van der Waals surface area contributed by atoms with Crippen LogP contribution < -0.4 is 0 Å². The van der Waals surface area contributed by atoms with Gasteiger partial charge in [0.2, 0.25) is 0 Å². The van der Waals surface area contributed by atoms with Crippen LogP contribution in [0.3, 0.4) is 0 Å². The number of aliphatic hydroxyl groups excluding tert-OH is 1. The third-order valence-corrected chi connectivity index (χ3v) is 9.13. The Balaban J connectivity index is 0.000000438. The molecule has 1 heterocycles. The molecule has 0 aliphatic rings. The number of nitrogens with zero attached hydrogens (tertiary/aromatic N) is 2. The Morgan fingerprint density at radius 1 is 0.881 bits per heavy atom. The number of rotatable bonds is 9. The van der Waals surface area contributed by atoms with Crippen molar-refractivity contribution in [2.24, 2.45) is 16.2 Å². The van der Waals surface area contributed by atoms with Gasteiger partial charge in [0.1, 0.15) is 12.1 Å². The van der Waals surface area contributed by atoms with Gasteiger partial charge in [0.15, 0.2) is 5.78 Å². The first-order chi connectivity index (χ1) is 19.0. The number of aliphatic hydroxyl groups is 1. The second-order valence-corrected chi connectivity index (χ2v) is 13.4. The molecule has 0 aliphatic carbocycles. The number of carbonyl (C=O) groups is 1. The van der Waals surface area contributed by atoms with Gasteiger partial charge in [-0.25, -0.2) is 4.98 Å². The van der Waals surface area contributed by atoms with E-state index in [2.05, 4.69) is 81.8 Å². The van der Waals surface area contributed by atoms with E-state index in [-0.39, 0.29) is 47.9 Å². The van der Waals surface area contributed by atoms with E-state index >= 15 is 0 Å². The van der Waals surface area contributed by atoms with Crippen molar-refractivity contribution in [1.29, 1.82) is 0 Å². The second kappa shape index (κ2) is 15.4. The molecular formula is C37H53IrN2O2-. The molecule has 0 amide bonds. The minimum Gasteiger partial charge on any atom is -0.512 e. The van der Waals surface area contributed by atoms with Crippen LogP contribution in [0, 0.1) is 43.1 Å². The van der Waals surface area contributed by atoms with Crippen LogP contribution in [0.1, 0.15) is 110 Å². The van der Waals surface area contributed by atoms with E-state index in [9.17, 15) is 9.90 Å². The van der Waals surface area contributed by atoms with Gasteiger partial charge in [-0.15, -0.1) is 34.4 Å². The molecule has 3 aromatic rings. The van der Waals surface area contributed by atoms with Crippen LogP contribution in [0.2, 0.25) is 0 Å². The first-order valence-electron chi connectivity index (χ1n) is 15.2. The standard InChI is InChI=1S/C22H25N2.C15H28O2.Ir/c1-14-9-18(10-15(2)16(14)3)21-19-8-7-17(12-22(4,5)6)11-20(19)23-13-24-21;1-7-14(5,8-2)12(16)11-13(17)15(6,9-3)10-4;/h7-9,11,13H,12H2,1-6H3;11,16H,7-10H2,1-6H3;/q-1;;/b;12-11-;. The molecule has 0 fully saturated rings. The van der Waals surface area contributed by atoms with E-state index in [1.54, 1.807) is 6.33 Å². The SMILES string of the molecule is CCC(C)(CC)C(=O)/C=C(\O)C(C)(CC)CC.Cc1[c-]c(-c2ncnc3cc(CC(C)(C)C)ccc23)cc(C)c1C.[Ir]. The van der Waals surface area contributed by atoms with E-state index in [0.717, 1.165) is 54.3 Å². The third kappa shape index (κ3) is 9.32. The van der Waals surface area contributed by atoms with Gasteiger partial charge in [0.05, 0.1) is 5.52 Å². The van der Waals surface area contributed by atoms with E-state index in [0.29, 0.717) is 0 Å². The number of aryl methyl sites for hydroxylation is 2. The van der Waals surface area contributed by atoms with Crippen molar-refractivity contribution in [3.63, 3.8) is 0 Å². The van der Waals surface area contributed by atoms with Gasteiger partial charge in [-0.2, -0.15) is 0 Å². The summed E-state index contributed by atoms with van der Waals surface area (Å²) in [5.74, 6) is 0.286. The summed E-state index contributed by atoms with van der Waals surface area (Å²) >= 11 is 0. The molecule has 0 spiro atoms. The molecular weight excluding hydrogens is 697 g/mol. The molecule has 1 radical (unpaired) electrons. The van der Waals surface area contributed by atoms with Crippen molar-refractivity contribution in [3.8, 4) is 11.3 Å². The molecule has 1 N–H and O–H groups in total. The fraction of sp³-hybridized carbons (Fsp3) is 0.541. The van der Waals surface area contributed by atoms with Crippen molar-refractivity contribution in [2.75, 3.05) is 0 Å². The van der Waals surface area contributed by atoms with Gasteiger partial charge in [0.25, 0.3) is 0 Å². The minimum absolute atomic E-state index is 0. The molecule has 1 aromatic heterocycles. The quantitative estimate of drug-likeness (QED) is 0.134. The Labute approximate surface area is 269 Å². The number of hydrogen-bond acceptors (Lipinski definition) is 4. The van der Waals surface area contributed by atoms with Crippen molar-refractivity contribution < 1.29 is 30.0 Å². The number of ketones is 1. The summed E-state index contributed by atoms with van der Waals surface area (Å²) in [6, 6.07) is 12.2. The van der Waals surface area contributed by atoms with Crippen LogP contribution in [-0.2, 0) is 31.3 Å². The van der Waals surface area contributed by atoms with E-state index in [4.69, 9.17) is 0 Å². The van der Waals surface area contributed by atoms with Crippen LogP contribution >= 0.6 is 0 Å². The smallest absolute Gasteiger partial charge is 0.164 e. The van der Waals surface area contributed by atoms with Gasteiger partial charge >= 0.3 is 0 Å². The van der Waals surface area contributed by atoms with Gasteiger partial charge in [0, 0.05) is 37.0 Å². The molecule has 0 atom stereocenters. The van der Waals surface area contributed by atoms with Gasteiger partial charge in [-0.3, -0.25) is 9.78 Å². The summed E-state index contributed by atoms with van der Waals surface area (Å²) < 4.78 is 0. The molecule has 0 aliphatic heterocycles. The molecule has 0 saturated carbocycles. The fourth-order valence-corrected chi connectivity index (χ4v) is 4.80. The monoisotopic (exact) mass is 750 g/mol. The summed E-state index contributed by atoms with van der Waals surface area (Å²) in [5, 5.41) is 11.2. The van der Waals surface area contributed by atoms with Crippen LogP contribution in [0.5, 0.6) is 0 Å². The Morgan fingerprint density at radius 3 is 1.95 bits per heavy atom. The first kappa shape index (κ1) is 37.7. The molecule has 0 bridgehead atoms. The molecule has 3 rings (SSSR count). The normalized spacial score (nSPS) is 12.4. The Morgan fingerprint density at radius 2 is 1.45 bits per heavy atom. The maximum Gasteiger partial charge on any atom is 0.164 e. The average molecular weight is 750 g/mol. The van der Waals surface area contributed by atoms with E-state index in [1.807, 2.05) is 41.5 Å². The minimum atomic E-state index is -0.337. The summed E-state index contributed by atoms with van der Waals surface area (Å²) in [6.45, 7) is 25.3. The topological polar surface area (TPSA) is 63.1 Å². The molecule has 0 unspecified atom stereocenters. The van der Waals surface area contributed by atoms with Crippen molar-refractivity contribution in [1.82, 2.24) is 9.97 Å². The molecule has 233 valence electrons. The molecule has 2 aromatic carbocycles.